The van der Waals surface area contributed by atoms with Crippen molar-refractivity contribution < 1.29 is 8.81 Å². The molecule has 1 saturated carbocycles. The Morgan fingerprint density at radius 2 is 1.95 bits per heavy atom. The lowest BCUT2D eigenvalue weighted by atomic mass is 9.89. The molecule has 100 valence electrons. The SMILES string of the molecule is Fc1ccc(-c2nnc(C3CCCCC3)o2)cc1Br. The fourth-order valence-corrected chi connectivity index (χ4v) is 2.87. The molecule has 5 heteroatoms. The van der Waals surface area contributed by atoms with Crippen molar-refractivity contribution in [3.05, 3.63) is 34.4 Å². The second-order valence-electron chi connectivity index (χ2n) is 4.91. The second-order valence-corrected chi connectivity index (χ2v) is 5.76. The van der Waals surface area contributed by atoms with Gasteiger partial charge in [0, 0.05) is 11.5 Å². The third-order valence-electron chi connectivity index (χ3n) is 3.56. The second kappa shape index (κ2) is 5.41. The van der Waals surface area contributed by atoms with Crippen LogP contribution in [0.25, 0.3) is 11.5 Å². The molecule has 0 saturated heterocycles. The summed E-state index contributed by atoms with van der Waals surface area (Å²) in [4.78, 5) is 0. The van der Waals surface area contributed by atoms with Crippen LogP contribution in [0.3, 0.4) is 0 Å². The quantitative estimate of drug-likeness (QED) is 0.804. The van der Waals surface area contributed by atoms with Crippen molar-refractivity contribution in [1.82, 2.24) is 10.2 Å². The first-order valence-corrected chi connectivity index (χ1v) is 7.32. The molecule has 1 aliphatic carbocycles. The van der Waals surface area contributed by atoms with Crippen molar-refractivity contribution >= 4 is 15.9 Å². The minimum Gasteiger partial charge on any atom is -0.420 e. The number of aromatic nitrogens is 2. The Morgan fingerprint density at radius 1 is 1.16 bits per heavy atom. The van der Waals surface area contributed by atoms with Gasteiger partial charge >= 0.3 is 0 Å². The van der Waals surface area contributed by atoms with Crippen molar-refractivity contribution in [2.75, 3.05) is 0 Å². The average Bonchev–Trinajstić information content (AvgIpc) is 2.93. The molecule has 3 rings (SSSR count). The highest BCUT2D eigenvalue weighted by Gasteiger charge is 2.21. The smallest absolute Gasteiger partial charge is 0.247 e. The summed E-state index contributed by atoms with van der Waals surface area (Å²) < 4.78 is 19.3. The highest BCUT2D eigenvalue weighted by molar-refractivity contribution is 9.10. The molecule has 1 fully saturated rings. The molecule has 0 unspecified atom stereocenters. The molecule has 1 aliphatic rings. The summed E-state index contributed by atoms with van der Waals surface area (Å²) >= 11 is 3.16. The van der Waals surface area contributed by atoms with Gasteiger partial charge in [0.15, 0.2) is 0 Å². The van der Waals surface area contributed by atoms with Gasteiger partial charge in [-0.05, 0) is 47.0 Å². The molecule has 2 aromatic rings. The molecular formula is C14H14BrFN2O. The Morgan fingerprint density at radius 3 is 2.68 bits per heavy atom. The molecule has 1 heterocycles. The molecule has 0 radical (unpaired) electrons. The Labute approximate surface area is 119 Å². The van der Waals surface area contributed by atoms with Crippen molar-refractivity contribution in [2.24, 2.45) is 0 Å². The summed E-state index contributed by atoms with van der Waals surface area (Å²) in [6, 6.07) is 4.70. The standard InChI is InChI=1S/C14H14BrFN2O/c15-11-8-10(6-7-12(11)16)14-18-17-13(19-14)9-4-2-1-3-5-9/h6-9H,1-5H2. The molecule has 0 atom stereocenters. The summed E-state index contributed by atoms with van der Waals surface area (Å²) in [5, 5.41) is 8.22. The van der Waals surface area contributed by atoms with Gasteiger partial charge in [-0.25, -0.2) is 4.39 Å². The van der Waals surface area contributed by atoms with E-state index in [1.807, 2.05) is 0 Å². The maximum atomic E-state index is 13.2. The van der Waals surface area contributed by atoms with Crippen LogP contribution in [0.5, 0.6) is 0 Å². The summed E-state index contributed by atoms with van der Waals surface area (Å²) in [5.41, 5.74) is 0.739. The van der Waals surface area contributed by atoms with E-state index in [2.05, 4.69) is 26.1 Å². The van der Waals surface area contributed by atoms with Gasteiger partial charge in [0.2, 0.25) is 11.8 Å². The van der Waals surface area contributed by atoms with E-state index in [1.54, 1.807) is 12.1 Å². The van der Waals surface area contributed by atoms with E-state index in [0.29, 0.717) is 16.3 Å². The maximum absolute atomic E-state index is 13.2. The predicted molar refractivity (Wildman–Crippen MR) is 73.2 cm³/mol. The van der Waals surface area contributed by atoms with Crippen molar-refractivity contribution in [1.29, 1.82) is 0 Å². The van der Waals surface area contributed by atoms with Crippen LogP contribution in [0.4, 0.5) is 4.39 Å². The molecule has 3 nitrogen and oxygen atoms in total. The van der Waals surface area contributed by atoms with E-state index in [4.69, 9.17) is 4.42 Å². The minimum absolute atomic E-state index is 0.296. The van der Waals surface area contributed by atoms with Crippen LogP contribution in [0.2, 0.25) is 0 Å². The summed E-state index contributed by atoms with van der Waals surface area (Å²) in [5.74, 6) is 1.27. The highest BCUT2D eigenvalue weighted by atomic mass is 79.9. The van der Waals surface area contributed by atoms with Crippen LogP contribution in [0, 0.1) is 5.82 Å². The van der Waals surface area contributed by atoms with Gasteiger partial charge in [0.05, 0.1) is 4.47 Å². The molecule has 0 spiro atoms. The fourth-order valence-electron chi connectivity index (χ4n) is 2.49. The summed E-state index contributed by atoms with van der Waals surface area (Å²) in [6.07, 6.45) is 5.99. The van der Waals surface area contributed by atoms with Gasteiger partial charge < -0.3 is 4.42 Å². The fraction of sp³-hybridized carbons (Fsp3) is 0.429. The zero-order valence-corrected chi connectivity index (χ0v) is 12.0. The number of hydrogen-bond donors (Lipinski definition) is 0. The maximum Gasteiger partial charge on any atom is 0.247 e. The third kappa shape index (κ3) is 2.71. The Balaban J connectivity index is 1.85. The normalized spacial score (nSPS) is 16.7. The number of rotatable bonds is 2. The molecule has 0 bridgehead atoms. The first-order valence-electron chi connectivity index (χ1n) is 6.53. The van der Waals surface area contributed by atoms with E-state index in [0.717, 1.165) is 24.3 Å². The first kappa shape index (κ1) is 12.8. The largest absolute Gasteiger partial charge is 0.420 e. The molecule has 19 heavy (non-hydrogen) atoms. The van der Waals surface area contributed by atoms with Crippen LogP contribution in [-0.4, -0.2) is 10.2 Å². The van der Waals surface area contributed by atoms with Crippen LogP contribution < -0.4 is 0 Å². The Bertz CT molecular complexity index is 579. The van der Waals surface area contributed by atoms with Crippen LogP contribution in [0.1, 0.15) is 43.9 Å². The molecule has 0 amide bonds. The zero-order chi connectivity index (χ0) is 13.2. The topological polar surface area (TPSA) is 38.9 Å². The van der Waals surface area contributed by atoms with Gasteiger partial charge in [-0.1, -0.05) is 19.3 Å². The monoisotopic (exact) mass is 324 g/mol. The number of hydrogen-bond acceptors (Lipinski definition) is 3. The van der Waals surface area contributed by atoms with Gasteiger partial charge in [0.25, 0.3) is 0 Å². The highest BCUT2D eigenvalue weighted by Crippen LogP contribution is 2.33. The number of nitrogens with zero attached hydrogens (tertiary/aromatic N) is 2. The van der Waals surface area contributed by atoms with Crippen LogP contribution in [0.15, 0.2) is 27.1 Å². The predicted octanol–water partition coefficient (Wildman–Crippen LogP) is 4.69. The van der Waals surface area contributed by atoms with Crippen molar-refractivity contribution in [3.63, 3.8) is 0 Å². The van der Waals surface area contributed by atoms with E-state index < -0.39 is 0 Å². The third-order valence-corrected chi connectivity index (χ3v) is 4.17. The Hall–Kier alpha value is -1.23. The van der Waals surface area contributed by atoms with Crippen molar-refractivity contribution in [2.45, 2.75) is 38.0 Å². The van der Waals surface area contributed by atoms with Crippen LogP contribution in [-0.2, 0) is 0 Å². The average molecular weight is 325 g/mol. The molecule has 1 aromatic heterocycles. The van der Waals surface area contributed by atoms with Crippen molar-refractivity contribution in [3.8, 4) is 11.5 Å². The van der Waals surface area contributed by atoms with Gasteiger partial charge in [0.1, 0.15) is 5.82 Å². The van der Waals surface area contributed by atoms with Gasteiger partial charge in [-0.2, -0.15) is 0 Å². The van der Waals surface area contributed by atoms with E-state index in [1.165, 1.54) is 25.3 Å². The zero-order valence-electron chi connectivity index (χ0n) is 10.4. The lowest BCUT2D eigenvalue weighted by molar-refractivity contribution is 0.367. The lowest BCUT2D eigenvalue weighted by Gasteiger charge is -2.17. The lowest BCUT2D eigenvalue weighted by Crippen LogP contribution is -2.04. The van der Waals surface area contributed by atoms with E-state index in [9.17, 15) is 4.39 Å². The number of benzene rings is 1. The van der Waals surface area contributed by atoms with Crippen LogP contribution >= 0.6 is 15.9 Å². The molecule has 0 N–H and O–H groups in total. The number of halogens is 2. The summed E-state index contributed by atoms with van der Waals surface area (Å²) in [6.45, 7) is 0. The summed E-state index contributed by atoms with van der Waals surface area (Å²) in [7, 11) is 0. The molecule has 0 aliphatic heterocycles. The molecular weight excluding hydrogens is 311 g/mol. The Kier molecular flexibility index (Phi) is 3.64. The van der Waals surface area contributed by atoms with E-state index in [-0.39, 0.29) is 5.82 Å². The minimum atomic E-state index is -0.296. The van der Waals surface area contributed by atoms with Gasteiger partial charge in [-0.15, -0.1) is 10.2 Å². The van der Waals surface area contributed by atoms with Gasteiger partial charge in [-0.3, -0.25) is 0 Å². The molecule has 1 aromatic carbocycles. The first-order chi connectivity index (χ1) is 9.24. The van der Waals surface area contributed by atoms with E-state index >= 15 is 0 Å².